The summed E-state index contributed by atoms with van der Waals surface area (Å²) >= 11 is 1.28. The minimum Gasteiger partial charge on any atom is -0.383 e. The van der Waals surface area contributed by atoms with Crippen molar-refractivity contribution in [3.8, 4) is 0 Å². The fourth-order valence-corrected chi connectivity index (χ4v) is 1.93. The van der Waals surface area contributed by atoms with E-state index in [0.29, 0.717) is 13.1 Å². The van der Waals surface area contributed by atoms with Crippen molar-refractivity contribution in [2.75, 3.05) is 20.1 Å². The molecule has 7 amide bonds. The third-order valence-electron chi connectivity index (χ3n) is 2.42. The lowest BCUT2D eigenvalue weighted by molar-refractivity contribution is -0.120. The van der Waals surface area contributed by atoms with E-state index >= 15 is 0 Å². The summed E-state index contributed by atoms with van der Waals surface area (Å²) in [4.78, 5) is 47.9. The molecule has 0 atom stereocenters. The number of urea groups is 3. The molecule has 0 aromatic carbocycles. The number of hydroxylamine groups is 2. The molecule has 25 heavy (non-hydrogen) atoms. The zero-order valence-electron chi connectivity index (χ0n) is 13.6. The molecule has 0 radical (unpaired) electrons. The fraction of sp³-hybridized carbons (Fsp3) is 0.333. The quantitative estimate of drug-likeness (QED) is 0.287. The molecular formula is C12H19N7O5S. The van der Waals surface area contributed by atoms with Crippen LogP contribution >= 0.6 is 11.9 Å². The second kappa shape index (κ2) is 10.6. The molecule has 13 heteroatoms. The highest BCUT2D eigenvalue weighted by molar-refractivity contribution is 8.00. The van der Waals surface area contributed by atoms with Gasteiger partial charge >= 0.3 is 18.1 Å². The van der Waals surface area contributed by atoms with Crippen molar-refractivity contribution >= 4 is 35.9 Å². The molecule has 2 heterocycles. The highest BCUT2D eigenvalue weighted by Gasteiger charge is 2.16. The molecule has 2 aliphatic heterocycles. The van der Waals surface area contributed by atoms with Crippen LogP contribution in [0.15, 0.2) is 23.8 Å². The van der Waals surface area contributed by atoms with Gasteiger partial charge in [0.05, 0.1) is 13.1 Å². The molecule has 0 spiro atoms. The lowest BCUT2D eigenvalue weighted by Crippen LogP contribution is -2.49. The molecule has 12 nitrogen and oxygen atoms in total. The number of amides is 7. The molecule has 2 rings (SSSR count). The second-order valence-corrected chi connectivity index (χ2v) is 5.25. The molecule has 0 bridgehead atoms. The van der Waals surface area contributed by atoms with Crippen molar-refractivity contribution in [1.82, 2.24) is 36.4 Å². The van der Waals surface area contributed by atoms with Crippen LogP contribution in [0.25, 0.3) is 0 Å². The van der Waals surface area contributed by atoms with Crippen LogP contribution in [0.1, 0.15) is 6.92 Å². The number of hydrogen-bond acceptors (Lipinski definition) is 6. The summed E-state index contributed by atoms with van der Waals surface area (Å²) in [5.41, 5.74) is 8.70. The first-order valence-corrected chi connectivity index (χ1v) is 7.80. The van der Waals surface area contributed by atoms with Crippen LogP contribution in [0.2, 0.25) is 0 Å². The number of hydrogen-bond donors (Lipinski definition) is 5. The molecule has 0 saturated carbocycles. The summed E-state index contributed by atoms with van der Waals surface area (Å²) in [7, 11) is 1.47. The topological polar surface area (TPSA) is 144 Å². The Kier molecular flexibility index (Phi) is 8.49. The Labute approximate surface area is 148 Å². The predicted octanol–water partition coefficient (Wildman–Crippen LogP) is -0.474. The highest BCUT2D eigenvalue weighted by atomic mass is 32.2. The number of nitrogens with one attached hydrogen (secondary N) is 5. The van der Waals surface area contributed by atoms with Crippen LogP contribution in [-0.4, -0.2) is 53.5 Å². The smallest absolute Gasteiger partial charge is 0.369 e. The van der Waals surface area contributed by atoms with Gasteiger partial charge in [0.2, 0.25) is 5.91 Å². The van der Waals surface area contributed by atoms with Gasteiger partial charge in [-0.05, 0) is 23.4 Å². The molecule has 138 valence electrons. The molecule has 0 fully saturated rings. The van der Waals surface area contributed by atoms with Gasteiger partial charge in [-0.15, -0.1) is 0 Å². The number of carbonyl (C=O) groups excluding carboxylic acids is 4. The largest absolute Gasteiger partial charge is 0.383 e. The molecule has 0 aliphatic carbocycles. The molecule has 0 aromatic rings. The van der Waals surface area contributed by atoms with E-state index < -0.39 is 12.1 Å². The normalized spacial score (nSPS) is 14.0. The van der Waals surface area contributed by atoms with Crippen molar-refractivity contribution in [2.24, 2.45) is 0 Å². The van der Waals surface area contributed by atoms with E-state index in [1.807, 2.05) is 6.08 Å². The lowest BCUT2D eigenvalue weighted by Gasteiger charge is -2.14. The number of hydrazine groups is 2. The van der Waals surface area contributed by atoms with Gasteiger partial charge in [0.15, 0.2) is 0 Å². The zero-order chi connectivity index (χ0) is 18.7. The Balaban J connectivity index is 0.000000251. The number of carbonyl (C=O) groups is 4. The summed E-state index contributed by atoms with van der Waals surface area (Å²) in [6, 6.07) is -1.31. The Hall–Kier alpha value is -3.09. The van der Waals surface area contributed by atoms with Gasteiger partial charge < -0.3 is 10.2 Å². The van der Waals surface area contributed by atoms with Crippen molar-refractivity contribution in [1.29, 1.82) is 0 Å². The first kappa shape index (κ1) is 20.0. The van der Waals surface area contributed by atoms with Gasteiger partial charge in [-0.25, -0.2) is 30.7 Å². The maximum Gasteiger partial charge on any atom is 0.369 e. The lowest BCUT2D eigenvalue weighted by atomic mass is 10.6. The monoisotopic (exact) mass is 373 g/mol. The Morgan fingerprint density at radius 3 is 2.24 bits per heavy atom. The summed E-state index contributed by atoms with van der Waals surface area (Å²) in [5, 5.41) is 5.18. The summed E-state index contributed by atoms with van der Waals surface area (Å²) < 4.78 is 1.47. The van der Waals surface area contributed by atoms with E-state index in [0.717, 1.165) is 5.06 Å². The minimum atomic E-state index is -0.504. The van der Waals surface area contributed by atoms with Crippen LogP contribution in [-0.2, 0) is 9.63 Å². The van der Waals surface area contributed by atoms with E-state index in [9.17, 15) is 19.2 Å². The Morgan fingerprint density at radius 2 is 1.72 bits per heavy atom. The average Bonchev–Trinajstić information content (AvgIpc) is 3.31. The van der Waals surface area contributed by atoms with E-state index in [4.69, 9.17) is 4.84 Å². The standard InChI is InChI=1S/C6H10N4O2S.C6H9N3O3/c1-7-5(11)8-9-6(12)10-3-2-4-13-10;1-5(10)7-8-6(11)9-3-2-4-12-9/h2,4H,3H2,1H3,(H,9,12)(H2,7,8,11);2,4H,3H2,1H3,(H,7,10)(H,8,11). The predicted molar refractivity (Wildman–Crippen MR) is 88.8 cm³/mol. The molecule has 2 aliphatic rings. The average molecular weight is 373 g/mol. The zero-order valence-corrected chi connectivity index (χ0v) is 14.4. The maximum atomic E-state index is 11.2. The molecular weight excluding hydrogens is 354 g/mol. The van der Waals surface area contributed by atoms with Crippen molar-refractivity contribution in [3.63, 3.8) is 0 Å². The summed E-state index contributed by atoms with van der Waals surface area (Å²) in [5.74, 6) is -0.337. The minimum absolute atomic E-state index is 0.337. The third-order valence-corrected chi connectivity index (χ3v) is 3.30. The highest BCUT2D eigenvalue weighted by Crippen LogP contribution is 2.16. The van der Waals surface area contributed by atoms with E-state index in [1.54, 1.807) is 11.5 Å². The fourth-order valence-electron chi connectivity index (χ4n) is 1.30. The molecule has 5 N–H and O–H groups in total. The molecule has 0 unspecified atom stereocenters. The van der Waals surface area contributed by atoms with Crippen LogP contribution < -0.4 is 27.0 Å². The van der Waals surface area contributed by atoms with E-state index in [-0.39, 0.29) is 11.9 Å². The third kappa shape index (κ3) is 7.83. The van der Waals surface area contributed by atoms with Gasteiger partial charge in [0.1, 0.15) is 6.26 Å². The first-order valence-electron chi connectivity index (χ1n) is 6.97. The van der Waals surface area contributed by atoms with Gasteiger partial charge in [0.25, 0.3) is 0 Å². The number of rotatable bonds is 0. The SMILES string of the molecule is CC(=O)NNC(=O)N1CC=CO1.CNC(=O)NNC(=O)N1CC=CS1. The summed E-state index contributed by atoms with van der Waals surface area (Å²) in [6.07, 6.45) is 4.92. The van der Waals surface area contributed by atoms with Gasteiger partial charge in [-0.2, -0.15) is 5.06 Å². The summed E-state index contributed by atoms with van der Waals surface area (Å²) in [6.45, 7) is 2.22. The van der Waals surface area contributed by atoms with E-state index in [2.05, 4.69) is 27.0 Å². The van der Waals surface area contributed by atoms with E-state index in [1.165, 1.54) is 36.5 Å². The van der Waals surface area contributed by atoms with Crippen molar-refractivity contribution in [2.45, 2.75) is 6.92 Å². The maximum absolute atomic E-state index is 11.2. The van der Waals surface area contributed by atoms with Crippen molar-refractivity contribution in [3.05, 3.63) is 23.8 Å². The van der Waals surface area contributed by atoms with Crippen LogP contribution in [0.3, 0.4) is 0 Å². The van der Waals surface area contributed by atoms with Crippen molar-refractivity contribution < 1.29 is 24.0 Å². The van der Waals surface area contributed by atoms with Crippen LogP contribution in [0.4, 0.5) is 14.4 Å². The van der Waals surface area contributed by atoms with Gasteiger partial charge in [-0.3, -0.25) is 14.5 Å². The number of nitrogens with zero attached hydrogens (tertiary/aromatic N) is 2. The second-order valence-electron chi connectivity index (χ2n) is 4.32. The first-order chi connectivity index (χ1) is 11.9. The molecule has 0 saturated heterocycles. The Morgan fingerprint density at radius 1 is 1.00 bits per heavy atom. The van der Waals surface area contributed by atoms with Crippen LogP contribution in [0.5, 0.6) is 0 Å². The Bertz CT molecular complexity index is 552. The van der Waals surface area contributed by atoms with Gasteiger partial charge in [0, 0.05) is 14.0 Å². The van der Waals surface area contributed by atoms with Crippen LogP contribution in [0, 0.1) is 0 Å². The molecule has 0 aromatic heterocycles. The van der Waals surface area contributed by atoms with Gasteiger partial charge in [-0.1, -0.05) is 6.08 Å².